The Morgan fingerprint density at radius 3 is 2.62 bits per heavy atom. The van der Waals surface area contributed by atoms with Gasteiger partial charge in [-0.2, -0.15) is 5.10 Å². The molecule has 1 saturated carbocycles. The van der Waals surface area contributed by atoms with Crippen molar-refractivity contribution in [3.8, 4) is 0 Å². The van der Waals surface area contributed by atoms with E-state index in [9.17, 15) is 4.39 Å². The monoisotopic (exact) mass is 485 g/mol. The highest BCUT2D eigenvalue weighted by atomic mass is 32.2. The van der Waals surface area contributed by atoms with Crippen LogP contribution in [0.2, 0.25) is 0 Å². The fraction of sp³-hybridized carbons (Fsp3) is 0.556. The fourth-order valence-corrected chi connectivity index (χ4v) is 5.43. The van der Waals surface area contributed by atoms with Crippen LogP contribution in [0.1, 0.15) is 84.9 Å². The highest BCUT2D eigenvalue weighted by Crippen LogP contribution is 2.41. The van der Waals surface area contributed by atoms with Gasteiger partial charge in [-0.25, -0.2) is 4.39 Å². The summed E-state index contributed by atoms with van der Waals surface area (Å²) >= 11 is 1.48. The van der Waals surface area contributed by atoms with Crippen LogP contribution in [0.3, 0.4) is 0 Å². The Kier molecular flexibility index (Phi) is 8.99. The molecule has 0 bridgehead atoms. The lowest BCUT2D eigenvalue weighted by Gasteiger charge is -2.18. The van der Waals surface area contributed by atoms with E-state index in [-0.39, 0.29) is 11.2 Å². The molecule has 186 valence electrons. The number of aliphatic imine (C=N–C) groups is 1. The molecular weight excluding hydrogens is 445 g/mol. The minimum atomic E-state index is -0.185. The second kappa shape index (κ2) is 11.5. The summed E-state index contributed by atoms with van der Waals surface area (Å²) in [5, 5.41) is 10.6. The molecule has 2 unspecified atom stereocenters. The summed E-state index contributed by atoms with van der Waals surface area (Å²) < 4.78 is 17.7. The average Bonchev–Trinajstić information content (AvgIpc) is 3.53. The van der Waals surface area contributed by atoms with Gasteiger partial charge in [0, 0.05) is 52.0 Å². The quantitative estimate of drug-likeness (QED) is 0.297. The van der Waals surface area contributed by atoms with E-state index < -0.39 is 0 Å². The van der Waals surface area contributed by atoms with Gasteiger partial charge in [0.2, 0.25) is 0 Å². The van der Waals surface area contributed by atoms with Crippen molar-refractivity contribution in [1.82, 2.24) is 14.9 Å². The topological polar surface area (TPSA) is 65.1 Å². The Balaban J connectivity index is 0.000000277. The number of allylic oxidation sites excluding steroid dienone is 2. The van der Waals surface area contributed by atoms with Gasteiger partial charge in [0.15, 0.2) is 11.6 Å². The van der Waals surface area contributed by atoms with Crippen molar-refractivity contribution in [2.24, 2.45) is 22.2 Å². The molecule has 5 nitrogen and oxygen atoms in total. The number of fused-ring (bicyclic) bond motifs is 1. The number of aromatic amines is 1. The number of aromatic nitrogens is 2. The molecular formula is C27H40FN5S. The van der Waals surface area contributed by atoms with Gasteiger partial charge in [-0.05, 0) is 69.0 Å². The molecule has 1 aliphatic carbocycles. The molecule has 0 spiro atoms. The van der Waals surface area contributed by atoms with Crippen LogP contribution in [0, 0.1) is 23.1 Å². The summed E-state index contributed by atoms with van der Waals surface area (Å²) in [6, 6.07) is 5.77. The van der Waals surface area contributed by atoms with Crippen LogP contribution in [0.4, 0.5) is 15.9 Å². The highest BCUT2D eigenvalue weighted by Gasteiger charge is 2.29. The smallest absolute Gasteiger partial charge is 0.152 e. The Labute approximate surface area is 208 Å². The molecule has 1 aromatic carbocycles. The number of hydrogen-bond donors (Lipinski definition) is 3. The van der Waals surface area contributed by atoms with Crippen molar-refractivity contribution < 1.29 is 4.39 Å². The van der Waals surface area contributed by atoms with Gasteiger partial charge in [-0.3, -0.25) is 14.8 Å². The number of halogens is 1. The van der Waals surface area contributed by atoms with Crippen LogP contribution >= 0.6 is 11.9 Å². The normalized spacial score (nSPS) is 20.6. The summed E-state index contributed by atoms with van der Waals surface area (Å²) in [5.41, 5.74) is 3.72. The summed E-state index contributed by atoms with van der Waals surface area (Å²) in [5.74, 6) is 2.59. The predicted molar refractivity (Wildman–Crippen MR) is 143 cm³/mol. The molecule has 1 fully saturated rings. The fourth-order valence-electron chi connectivity index (χ4n) is 4.64. The first-order valence-electron chi connectivity index (χ1n) is 12.3. The molecule has 2 atom stereocenters. The summed E-state index contributed by atoms with van der Waals surface area (Å²) in [6.45, 7) is 15.6. The number of H-pyrrole nitrogens is 1. The van der Waals surface area contributed by atoms with E-state index >= 15 is 0 Å². The maximum Gasteiger partial charge on any atom is 0.152 e. The van der Waals surface area contributed by atoms with Crippen molar-refractivity contribution in [1.29, 1.82) is 0 Å². The maximum atomic E-state index is 14.6. The summed E-state index contributed by atoms with van der Waals surface area (Å²) in [4.78, 5) is 5.21. The van der Waals surface area contributed by atoms with E-state index in [0.29, 0.717) is 24.0 Å². The van der Waals surface area contributed by atoms with Crippen LogP contribution in [0.5, 0.6) is 0 Å². The number of benzene rings is 1. The molecule has 2 aromatic rings. The number of nitrogens with zero attached hydrogens (tertiary/aromatic N) is 2. The van der Waals surface area contributed by atoms with Gasteiger partial charge >= 0.3 is 0 Å². The van der Waals surface area contributed by atoms with Crippen molar-refractivity contribution in [3.05, 3.63) is 47.0 Å². The molecule has 0 radical (unpaired) electrons. The molecule has 1 aromatic heterocycles. The number of anilines is 2. The largest absolute Gasteiger partial charge is 0.336 e. The zero-order valence-electron chi connectivity index (χ0n) is 21.6. The lowest BCUT2D eigenvalue weighted by atomic mass is 9.92. The number of nitrogens with one attached hydrogen (secondary N) is 3. The standard InChI is InChI=1S/C18H23FN4S.C9H17N/c1-10(2)11-3-4-12(7-11)15-8-17(23-22-15)21-14-5-6-16-13(18(14)19)9-20-24-16;1-6-8(10-7-2)9(3,4)5/h5-6,8,10-12,20H,3-4,7,9H2,1-2H3,(H2,21,22,23);6-7H,1-5H3/b;8-6-,10-7?. The van der Waals surface area contributed by atoms with E-state index in [1.165, 1.54) is 36.9 Å². The Hall–Kier alpha value is -2.12. The summed E-state index contributed by atoms with van der Waals surface area (Å²) in [7, 11) is 0. The lowest BCUT2D eigenvalue weighted by molar-refractivity contribution is 0.391. The van der Waals surface area contributed by atoms with Crippen LogP contribution in [-0.4, -0.2) is 16.4 Å². The lowest BCUT2D eigenvalue weighted by Crippen LogP contribution is -2.07. The third-order valence-electron chi connectivity index (χ3n) is 6.66. The SMILES string of the molecule is CC(C)C1CCC(c2cc(Nc3ccc4c(c3F)CNS4)n[nH]2)C1.CC=N/C(=C\C)C(C)(C)C. The second-order valence-electron chi connectivity index (χ2n) is 10.5. The van der Waals surface area contributed by atoms with E-state index in [2.05, 4.69) is 65.9 Å². The van der Waals surface area contributed by atoms with Gasteiger partial charge in [-0.1, -0.05) is 40.7 Å². The molecule has 3 N–H and O–H groups in total. The van der Waals surface area contributed by atoms with E-state index in [4.69, 9.17) is 0 Å². The van der Waals surface area contributed by atoms with Crippen molar-refractivity contribution in [2.75, 3.05) is 5.32 Å². The predicted octanol–water partition coefficient (Wildman–Crippen LogP) is 7.97. The first-order valence-corrected chi connectivity index (χ1v) is 13.1. The second-order valence-corrected chi connectivity index (χ2v) is 11.4. The van der Waals surface area contributed by atoms with Crippen molar-refractivity contribution >= 4 is 29.7 Å². The molecule has 0 saturated heterocycles. The molecule has 34 heavy (non-hydrogen) atoms. The van der Waals surface area contributed by atoms with Crippen LogP contribution in [-0.2, 0) is 6.54 Å². The molecule has 0 amide bonds. The Bertz CT molecular complexity index is 1020. The maximum absolute atomic E-state index is 14.6. The van der Waals surface area contributed by atoms with Gasteiger partial charge < -0.3 is 5.32 Å². The first kappa shape index (κ1) is 26.5. The molecule has 4 rings (SSSR count). The minimum Gasteiger partial charge on any atom is -0.336 e. The average molecular weight is 486 g/mol. The minimum absolute atomic E-state index is 0.182. The van der Waals surface area contributed by atoms with Gasteiger partial charge in [0.1, 0.15) is 0 Å². The zero-order valence-corrected chi connectivity index (χ0v) is 22.4. The zero-order chi connectivity index (χ0) is 24.9. The van der Waals surface area contributed by atoms with Crippen molar-refractivity contribution in [2.45, 2.75) is 85.1 Å². The third kappa shape index (κ3) is 6.51. The number of hydrogen-bond acceptors (Lipinski definition) is 5. The molecule has 2 heterocycles. The van der Waals surface area contributed by atoms with E-state index in [0.717, 1.165) is 28.0 Å². The van der Waals surface area contributed by atoms with Gasteiger partial charge in [0.05, 0.1) is 5.69 Å². The van der Waals surface area contributed by atoms with Gasteiger partial charge in [-0.15, -0.1) is 0 Å². The van der Waals surface area contributed by atoms with Gasteiger partial charge in [0.25, 0.3) is 0 Å². The van der Waals surface area contributed by atoms with Crippen molar-refractivity contribution in [3.63, 3.8) is 0 Å². The van der Waals surface area contributed by atoms with Crippen LogP contribution < -0.4 is 10.0 Å². The highest BCUT2D eigenvalue weighted by molar-refractivity contribution is 7.97. The van der Waals surface area contributed by atoms with E-state index in [1.807, 2.05) is 32.2 Å². The number of rotatable bonds is 5. The van der Waals surface area contributed by atoms with Crippen LogP contribution in [0.25, 0.3) is 0 Å². The van der Waals surface area contributed by atoms with E-state index in [1.54, 1.807) is 6.07 Å². The first-order chi connectivity index (χ1) is 16.1. The Morgan fingerprint density at radius 1 is 1.26 bits per heavy atom. The third-order valence-corrected chi connectivity index (χ3v) is 7.55. The Morgan fingerprint density at radius 2 is 2.03 bits per heavy atom. The summed E-state index contributed by atoms with van der Waals surface area (Å²) in [6.07, 6.45) is 7.60. The molecule has 2 aliphatic rings. The molecule has 7 heteroatoms. The van der Waals surface area contributed by atoms with Crippen LogP contribution in [0.15, 0.2) is 39.9 Å². The molecule has 1 aliphatic heterocycles.